The quantitative estimate of drug-likeness (QED) is 0.365. The number of nitrogens with zero attached hydrogens (tertiary/aromatic N) is 2. The molecule has 1 heterocycles. The molecule has 3 rings (SSSR count). The van der Waals surface area contributed by atoms with Crippen molar-refractivity contribution in [2.45, 2.75) is 40.0 Å². The third-order valence-corrected chi connectivity index (χ3v) is 5.08. The van der Waals surface area contributed by atoms with Gasteiger partial charge in [0.1, 0.15) is 11.5 Å². The van der Waals surface area contributed by atoms with Crippen molar-refractivity contribution in [3.05, 3.63) is 69.4 Å². The van der Waals surface area contributed by atoms with Crippen LogP contribution in [-0.4, -0.2) is 10.9 Å². The highest BCUT2D eigenvalue weighted by Crippen LogP contribution is 2.33. The van der Waals surface area contributed by atoms with Gasteiger partial charge in [-0.3, -0.25) is 5.43 Å². The van der Waals surface area contributed by atoms with Crippen molar-refractivity contribution >= 4 is 34.6 Å². The first kappa shape index (κ1) is 20.4. The maximum absolute atomic E-state index is 6.35. The molecule has 0 aliphatic rings. The first-order chi connectivity index (χ1) is 13.2. The Morgan fingerprint density at radius 1 is 1.07 bits per heavy atom. The Morgan fingerprint density at radius 3 is 2.39 bits per heavy atom. The number of hydrogen-bond donors (Lipinski definition) is 1. The number of rotatable bonds is 4. The van der Waals surface area contributed by atoms with Crippen LogP contribution in [0, 0.1) is 6.92 Å². The lowest BCUT2D eigenvalue weighted by Gasteiger charge is -2.19. The van der Waals surface area contributed by atoms with Crippen LogP contribution in [0.4, 0.5) is 5.69 Å². The molecule has 0 atom stereocenters. The summed E-state index contributed by atoms with van der Waals surface area (Å²) in [4.78, 5) is 0. The average molecular weight is 416 g/mol. The highest BCUT2D eigenvalue weighted by atomic mass is 35.5. The molecule has 1 N–H and O–H groups in total. The number of nitrogens with one attached hydrogen (secondary N) is 1. The molecule has 3 aromatic rings. The third kappa shape index (κ3) is 4.40. The molecule has 2 aromatic carbocycles. The van der Waals surface area contributed by atoms with E-state index in [0.29, 0.717) is 27.1 Å². The van der Waals surface area contributed by atoms with Crippen molar-refractivity contribution in [3.8, 4) is 11.3 Å². The number of hydrazone groups is 1. The Kier molecular flexibility index (Phi) is 5.82. The molecule has 28 heavy (non-hydrogen) atoms. The molecule has 0 saturated heterocycles. The van der Waals surface area contributed by atoms with Crippen LogP contribution in [-0.2, 0) is 5.41 Å². The molecule has 6 heteroatoms. The SMILES string of the molecule is C/C(=N/Nc1ccc(C(C)(C)C)cc1)c1c(-c2cc(Cl)ccc2Cl)noc1C. The molecule has 0 spiro atoms. The molecule has 0 amide bonds. The van der Waals surface area contributed by atoms with Crippen molar-refractivity contribution in [2.75, 3.05) is 5.43 Å². The second-order valence-electron chi connectivity index (χ2n) is 7.72. The van der Waals surface area contributed by atoms with Gasteiger partial charge in [-0.2, -0.15) is 5.10 Å². The Hall–Kier alpha value is -2.30. The van der Waals surface area contributed by atoms with E-state index in [4.69, 9.17) is 27.7 Å². The fourth-order valence-electron chi connectivity index (χ4n) is 2.91. The predicted octanol–water partition coefficient (Wildman–Crippen LogP) is 7.09. The number of benzene rings is 2. The van der Waals surface area contributed by atoms with Crippen LogP contribution in [0.2, 0.25) is 10.0 Å². The van der Waals surface area contributed by atoms with Crippen LogP contribution in [0.5, 0.6) is 0 Å². The van der Waals surface area contributed by atoms with Gasteiger partial charge in [0.05, 0.1) is 22.0 Å². The van der Waals surface area contributed by atoms with E-state index in [2.05, 4.69) is 48.6 Å². The van der Waals surface area contributed by atoms with E-state index >= 15 is 0 Å². The van der Waals surface area contributed by atoms with Crippen LogP contribution >= 0.6 is 23.2 Å². The molecule has 0 aliphatic heterocycles. The first-order valence-electron chi connectivity index (χ1n) is 8.99. The van der Waals surface area contributed by atoms with Crippen molar-refractivity contribution < 1.29 is 4.52 Å². The molecule has 0 bridgehead atoms. The highest BCUT2D eigenvalue weighted by molar-refractivity contribution is 6.35. The summed E-state index contributed by atoms with van der Waals surface area (Å²) in [7, 11) is 0. The van der Waals surface area contributed by atoms with Gasteiger partial charge in [-0.05, 0) is 55.2 Å². The maximum atomic E-state index is 6.35. The highest BCUT2D eigenvalue weighted by Gasteiger charge is 2.20. The molecule has 0 radical (unpaired) electrons. The van der Waals surface area contributed by atoms with Gasteiger partial charge in [-0.25, -0.2) is 0 Å². The molecule has 1 aromatic heterocycles. The Labute approximate surface area is 175 Å². The van der Waals surface area contributed by atoms with Gasteiger partial charge in [-0.15, -0.1) is 0 Å². The fraction of sp³-hybridized carbons (Fsp3) is 0.273. The topological polar surface area (TPSA) is 50.4 Å². The lowest BCUT2D eigenvalue weighted by Crippen LogP contribution is -2.10. The van der Waals surface area contributed by atoms with E-state index in [1.807, 2.05) is 26.0 Å². The monoisotopic (exact) mass is 415 g/mol. The molecule has 146 valence electrons. The minimum absolute atomic E-state index is 0.114. The summed E-state index contributed by atoms with van der Waals surface area (Å²) in [6.45, 7) is 10.3. The zero-order chi connectivity index (χ0) is 20.5. The van der Waals surface area contributed by atoms with Crippen molar-refractivity contribution in [3.63, 3.8) is 0 Å². The van der Waals surface area contributed by atoms with Crippen molar-refractivity contribution in [2.24, 2.45) is 5.10 Å². The zero-order valence-electron chi connectivity index (χ0n) is 16.6. The standard InChI is InChI=1S/C22H23Cl2N3O/c1-13(25-26-17-9-6-15(7-10-17)22(3,4)5)20-14(2)28-27-21(20)18-12-16(23)8-11-19(18)24/h6-12,26H,1-5H3/b25-13-. The molecule has 0 aliphatic carbocycles. The van der Waals surface area contributed by atoms with Gasteiger partial charge >= 0.3 is 0 Å². The van der Waals surface area contributed by atoms with Gasteiger partial charge < -0.3 is 4.52 Å². The lowest BCUT2D eigenvalue weighted by atomic mass is 9.87. The summed E-state index contributed by atoms with van der Waals surface area (Å²) < 4.78 is 5.41. The molecule has 4 nitrogen and oxygen atoms in total. The number of aromatic nitrogens is 1. The summed E-state index contributed by atoms with van der Waals surface area (Å²) in [5.74, 6) is 0.664. The van der Waals surface area contributed by atoms with E-state index < -0.39 is 0 Å². The van der Waals surface area contributed by atoms with E-state index in [9.17, 15) is 0 Å². The van der Waals surface area contributed by atoms with Crippen LogP contribution in [0.1, 0.15) is 44.6 Å². The minimum Gasteiger partial charge on any atom is -0.360 e. The molecular weight excluding hydrogens is 393 g/mol. The number of anilines is 1. The van der Waals surface area contributed by atoms with Crippen LogP contribution in [0.3, 0.4) is 0 Å². The largest absolute Gasteiger partial charge is 0.360 e. The predicted molar refractivity (Wildman–Crippen MR) is 118 cm³/mol. The lowest BCUT2D eigenvalue weighted by molar-refractivity contribution is 0.399. The van der Waals surface area contributed by atoms with Gasteiger partial charge in [0.2, 0.25) is 0 Å². The maximum Gasteiger partial charge on any atom is 0.143 e. The second-order valence-corrected chi connectivity index (χ2v) is 8.57. The van der Waals surface area contributed by atoms with Gasteiger partial charge in [0.15, 0.2) is 0 Å². The van der Waals surface area contributed by atoms with Crippen molar-refractivity contribution in [1.29, 1.82) is 0 Å². The first-order valence-corrected chi connectivity index (χ1v) is 9.75. The van der Waals surface area contributed by atoms with Gasteiger partial charge in [-0.1, -0.05) is 61.3 Å². The normalized spacial score (nSPS) is 12.3. The fourth-order valence-corrected chi connectivity index (χ4v) is 3.29. The van der Waals surface area contributed by atoms with Crippen LogP contribution in [0.25, 0.3) is 11.3 Å². The number of halogens is 2. The molecule has 0 fully saturated rings. The third-order valence-electron chi connectivity index (χ3n) is 4.51. The van der Waals surface area contributed by atoms with E-state index in [1.54, 1.807) is 18.2 Å². The summed E-state index contributed by atoms with van der Waals surface area (Å²) in [5.41, 5.74) is 8.26. The van der Waals surface area contributed by atoms with E-state index in [-0.39, 0.29) is 5.41 Å². The zero-order valence-corrected chi connectivity index (χ0v) is 18.1. The van der Waals surface area contributed by atoms with E-state index in [0.717, 1.165) is 17.0 Å². The van der Waals surface area contributed by atoms with Crippen LogP contribution in [0.15, 0.2) is 52.1 Å². The molecular formula is C22H23Cl2N3O. The van der Waals surface area contributed by atoms with Crippen molar-refractivity contribution in [1.82, 2.24) is 5.16 Å². The summed E-state index contributed by atoms with van der Waals surface area (Å²) in [5, 5.41) is 9.83. The smallest absolute Gasteiger partial charge is 0.143 e. The number of aryl methyl sites for hydroxylation is 1. The average Bonchev–Trinajstić information content (AvgIpc) is 3.02. The summed E-state index contributed by atoms with van der Waals surface area (Å²) >= 11 is 12.5. The molecule has 0 saturated carbocycles. The Balaban J connectivity index is 1.90. The van der Waals surface area contributed by atoms with Gasteiger partial charge in [0, 0.05) is 10.6 Å². The summed E-state index contributed by atoms with van der Waals surface area (Å²) in [6, 6.07) is 13.5. The minimum atomic E-state index is 0.114. The second kappa shape index (κ2) is 7.98. The Morgan fingerprint density at radius 2 is 1.75 bits per heavy atom. The number of hydrogen-bond acceptors (Lipinski definition) is 4. The van der Waals surface area contributed by atoms with Crippen LogP contribution < -0.4 is 5.43 Å². The van der Waals surface area contributed by atoms with E-state index in [1.165, 1.54) is 5.56 Å². The Bertz CT molecular complexity index is 1020. The van der Waals surface area contributed by atoms with Gasteiger partial charge in [0.25, 0.3) is 0 Å². The summed E-state index contributed by atoms with van der Waals surface area (Å²) in [6.07, 6.45) is 0. The molecule has 0 unspecified atom stereocenters.